The Morgan fingerprint density at radius 3 is 2.39 bits per heavy atom. The van der Waals surface area contributed by atoms with Crippen LogP contribution in [0.15, 0.2) is 78.9 Å². The average molecular weight is 487 g/mol. The third-order valence-corrected chi connectivity index (χ3v) is 5.93. The molecule has 0 aliphatic carbocycles. The summed E-state index contributed by atoms with van der Waals surface area (Å²) in [4.78, 5) is 39.4. The van der Waals surface area contributed by atoms with E-state index in [1.807, 2.05) is 30.3 Å². The number of amides is 3. The van der Waals surface area contributed by atoms with Crippen LogP contribution >= 0.6 is 0 Å². The first-order chi connectivity index (χ1) is 17.5. The topological polar surface area (TPSA) is 99.8 Å². The molecule has 0 bridgehead atoms. The zero-order chi connectivity index (χ0) is 25.3. The van der Waals surface area contributed by atoms with Gasteiger partial charge in [-0.25, -0.2) is 0 Å². The van der Waals surface area contributed by atoms with Crippen LogP contribution in [0.5, 0.6) is 0 Å². The molecular formula is C28H30N4O4. The van der Waals surface area contributed by atoms with Gasteiger partial charge in [0.05, 0.1) is 12.6 Å². The van der Waals surface area contributed by atoms with Gasteiger partial charge in [-0.3, -0.25) is 14.4 Å². The molecule has 1 fully saturated rings. The molecule has 8 heteroatoms. The number of hydrogen-bond acceptors (Lipinski definition) is 5. The number of anilines is 3. The number of para-hydroxylation sites is 1. The fourth-order valence-electron chi connectivity index (χ4n) is 3.96. The third-order valence-electron chi connectivity index (χ3n) is 5.93. The fourth-order valence-corrected chi connectivity index (χ4v) is 3.96. The monoisotopic (exact) mass is 486 g/mol. The summed E-state index contributed by atoms with van der Waals surface area (Å²) in [6, 6.07) is 23.2. The molecule has 0 spiro atoms. The molecule has 1 aliphatic heterocycles. The Bertz CT molecular complexity index is 1210. The minimum absolute atomic E-state index is 0.00305. The van der Waals surface area contributed by atoms with Crippen molar-refractivity contribution in [3.05, 3.63) is 90.0 Å². The van der Waals surface area contributed by atoms with Gasteiger partial charge in [-0.15, -0.1) is 0 Å². The average Bonchev–Trinajstić information content (AvgIpc) is 3.44. The molecular weight excluding hydrogens is 456 g/mol. The zero-order valence-electron chi connectivity index (χ0n) is 20.2. The lowest BCUT2D eigenvalue weighted by atomic mass is 10.1. The molecule has 3 amide bonds. The van der Waals surface area contributed by atoms with Gasteiger partial charge in [-0.1, -0.05) is 30.3 Å². The lowest BCUT2D eigenvalue weighted by Gasteiger charge is -2.18. The largest absolute Gasteiger partial charge is 0.376 e. The Balaban J connectivity index is 1.29. The maximum absolute atomic E-state index is 12.9. The first-order valence-corrected chi connectivity index (χ1v) is 12.0. The molecule has 3 N–H and O–H groups in total. The van der Waals surface area contributed by atoms with E-state index in [4.69, 9.17) is 4.74 Å². The zero-order valence-corrected chi connectivity index (χ0v) is 20.2. The molecule has 1 heterocycles. The van der Waals surface area contributed by atoms with Crippen molar-refractivity contribution >= 4 is 34.8 Å². The second-order valence-corrected chi connectivity index (χ2v) is 8.61. The normalized spacial score (nSPS) is 14.6. The van der Waals surface area contributed by atoms with Gasteiger partial charge < -0.3 is 25.6 Å². The SMILES string of the molecule is CN(C(=O)c1cccc(NC(=O)CNc2cccc(C(=O)NCC3CCCO3)c2)c1)c1ccccc1. The van der Waals surface area contributed by atoms with E-state index in [-0.39, 0.29) is 30.4 Å². The molecule has 36 heavy (non-hydrogen) atoms. The van der Waals surface area contributed by atoms with Gasteiger partial charge in [0.25, 0.3) is 11.8 Å². The maximum atomic E-state index is 12.9. The van der Waals surface area contributed by atoms with Crippen LogP contribution < -0.4 is 20.9 Å². The smallest absolute Gasteiger partial charge is 0.258 e. The molecule has 3 aromatic carbocycles. The second-order valence-electron chi connectivity index (χ2n) is 8.61. The summed E-state index contributed by atoms with van der Waals surface area (Å²) in [6.07, 6.45) is 2.05. The summed E-state index contributed by atoms with van der Waals surface area (Å²) in [5, 5.41) is 8.75. The van der Waals surface area contributed by atoms with Crippen LogP contribution in [0.1, 0.15) is 33.6 Å². The maximum Gasteiger partial charge on any atom is 0.258 e. The molecule has 0 saturated carbocycles. The number of nitrogens with zero attached hydrogens (tertiary/aromatic N) is 1. The molecule has 3 aromatic rings. The highest BCUT2D eigenvalue weighted by Gasteiger charge is 2.17. The van der Waals surface area contributed by atoms with Gasteiger partial charge in [0, 0.05) is 48.4 Å². The number of benzene rings is 3. The first kappa shape index (κ1) is 24.9. The van der Waals surface area contributed by atoms with Gasteiger partial charge in [0.1, 0.15) is 0 Å². The van der Waals surface area contributed by atoms with E-state index in [1.165, 1.54) is 0 Å². The van der Waals surface area contributed by atoms with Crippen LogP contribution in [0.2, 0.25) is 0 Å². The van der Waals surface area contributed by atoms with Crippen LogP contribution in [0.25, 0.3) is 0 Å². The lowest BCUT2D eigenvalue weighted by Crippen LogP contribution is -2.31. The van der Waals surface area contributed by atoms with Gasteiger partial charge in [-0.05, 0) is 61.4 Å². The molecule has 1 aliphatic rings. The van der Waals surface area contributed by atoms with Gasteiger partial charge in [0.15, 0.2) is 0 Å². The molecule has 1 unspecified atom stereocenters. The number of nitrogens with one attached hydrogen (secondary N) is 3. The van der Waals surface area contributed by atoms with Gasteiger partial charge in [-0.2, -0.15) is 0 Å². The summed E-state index contributed by atoms with van der Waals surface area (Å²) in [5.74, 6) is -0.630. The summed E-state index contributed by atoms with van der Waals surface area (Å²) >= 11 is 0. The number of rotatable bonds is 9. The van der Waals surface area contributed by atoms with Gasteiger partial charge in [0.2, 0.25) is 5.91 Å². The van der Waals surface area contributed by atoms with Crippen molar-refractivity contribution in [3.63, 3.8) is 0 Å². The predicted octanol–water partition coefficient (Wildman–Crippen LogP) is 3.92. The Labute approximate surface area is 210 Å². The van der Waals surface area contributed by atoms with Crippen molar-refractivity contribution in [2.45, 2.75) is 18.9 Å². The Morgan fingerprint density at radius 2 is 1.64 bits per heavy atom. The van der Waals surface area contributed by atoms with Crippen molar-refractivity contribution in [3.8, 4) is 0 Å². The molecule has 1 saturated heterocycles. The van der Waals surface area contributed by atoms with Crippen LogP contribution in [-0.2, 0) is 9.53 Å². The summed E-state index contributed by atoms with van der Waals surface area (Å²) in [5.41, 5.74) is 2.93. The van der Waals surface area contributed by atoms with Crippen molar-refractivity contribution in [2.75, 3.05) is 42.3 Å². The Hall–Kier alpha value is -4.17. The quantitative estimate of drug-likeness (QED) is 0.426. The number of ether oxygens (including phenoxy) is 1. The molecule has 4 rings (SSSR count). The molecule has 8 nitrogen and oxygen atoms in total. The minimum Gasteiger partial charge on any atom is -0.376 e. The lowest BCUT2D eigenvalue weighted by molar-refractivity contribution is -0.114. The van der Waals surface area contributed by atoms with E-state index in [0.717, 1.165) is 25.1 Å². The van der Waals surface area contributed by atoms with Crippen molar-refractivity contribution in [1.82, 2.24) is 5.32 Å². The Kier molecular flexibility index (Phi) is 8.31. The van der Waals surface area contributed by atoms with E-state index in [1.54, 1.807) is 60.5 Å². The van der Waals surface area contributed by atoms with Crippen LogP contribution in [0.3, 0.4) is 0 Å². The molecule has 0 aromatic heterocycles. The highest BCUT2D eigenvalue weighted by atomic mass is 16.5. The van der Waals surface area contributed by atoms with Gasteiger partial charge >= 0.3 is 0 Å². The number of carbonyl (C=O) groups excluding carboxylic acids is 3. The van der Waals surface area contributed by atoms with E-state index in [9.17, 15) is 14.4 Å². The predicted molar refractivity (Wildman–Crippen MR) is 140 cm³/mol. The Morgan fingerprint density at radius 1 is 0.917 bits per heavy atom. The van der Waals surface area contributed by atoms with E-state index in [0.29, 0.717) is 29.0 Å². The van der Waals surface area contributed by atoms with Crippen molar-refractivity contribution in [2.24, 2.45) is 0 Å². The minimum atomic E-state index is -0.274. The van der Waals surface area contributed by atoms with E-state index < -0.39 is 0 Å². The highest BCUT2D eigenvalue weighted by Crippen LogP contribution is 2.18. The standard InChI is InChI=1S/C28H30N4O4/c1-32(24-12-3-2-4-13-24)28(35)21-9-6-11-23(17-21)31-26(33)19-29-22-10-5-8-20(16-22)27(34)30-18-25-14-7-15-36-25/h2-6,8-13,16-17,25,29H,7,14-15,18-19H2,1H3,(H,30,34)(H,31,33). The molecule has 0 radical (unpaired) electrons. The van der Waals surface area contributed by atoms with Crippen LogP contribution in [0, 0.1) is 0 Å². The molecule has 186 valence electrons. The van der Waals surface area contributed by atoms with Crippen LogP contribution in [-0.4, -0.2) is 50.6 Å². The van der Waals surface area contributed by atoms with Crippen molar-refractivity contribution in [1.29, 1.82) is 0 Å². The first-order valence-electron chi connectivity index (χ1n) is 12.0. The number of hydrogen-bond donors (Lipinski definition) is 3. The van der Waals surface area contributed by atoms with Crippen LogP contribution in [0.4, 0.5) is 17.1 Å². The fraction of sp³-hybridized carbons (Fsp3) is 0.250. The molecule has 1 atom stereocenters. The summed E-state index contributed by atoms with van der Waals surface area (Å²) < 4.78 is 5.54. The van der Waals surface area contributed by atoms with E-state index >= 15 is 0 Å². The highest BCUT2D eigenvalue weighted by molar-refractivity contribution is 6.06. The third kappa shape index (κ3) is 6.70. The van der Waals surface area contributed by atoms with E-state index in [2.05, 4.69) is 16.0 Å². The second kappa shape index (κ2) is 12.0. The number of carbonyl (C=O) groups is 3. The van der Waals surface area contributed by atoms with Crippen molar-refractivity contribution < 1.29 is 19.1 Å². The summed E-state index contributed by atoms with van der Waals surface area (Å²) in [6.45, 7) is 1.23. The summed E-state index contributed by atoms with van der Waals surface area (Å²) in [7, 11) is 1.71.